The van der Waals surface area contributed by atoms with E-state index in [1.165, 1.54) is 283 Å². The van der Waals surface area contributed by atoms with Crippen LogP contribution in [0.2, 0.25) is 0 Å². The molecule has 0 aromatic heterocycles. The van der Waals surface area contributed by atoms with E-state index in [2.05, 4.69) is 34.6 Å². The Balaban J connectivity index is 5.23. The van der Waals surface area contributed by atoms with Crippen LogP contribution in [0.25, 0.3) is 0 Å². The first-order chi connectivity index (χ1) is 50.5. The maximum absolute atomic E-state index is 13.1. The smallest absolute Gasteiger partial charge is 0.462 e. The topological polar surface area (TPSA) is 237 Å². The van der Waals surface area contributed by atoms with Gasteiger partial charge in [-0.05, 0) is 31.6 Å². The zero-order valence-corrected chi connectivity index (χ0v) is 70.0. The Hall–Kier alpha value is -1.94. The summed E-state index contributed by atoms with van der Waals surface area (Å²) in [5.74, 6) is -1.30. The lowest BCUT2D eigenvalue weighted by atomic mass is 10.0. The summed E-state index contributed by atoms with van der Waals surface area (Å²) < 4.78 is 68.9. The third-order valence-electron chi connectivity index (χ3n) is 20.0. The molecule has 2 unspecified atom stereocenters. The molecule has 0 bridgehead atoms. The summed E-state index contributed by atoms with van der Waals surface area (Å²) in [5.41, 5.74) is 0. The number of phosphoric acid groups is 2. The van der Waals surface area contributed by atoms with Crippen LogP contribution in [-0.4, -0.2) is 96.7 Å². The molecule has 0 aliphatic rings. The summed E-state index contributed by atoms with van der Waals surface area (Å²) in [4.78, 5) is 73.2. The molecule has 5 atom stereocenters. The van der Waals surface area contributed by atoms with E-state index in [4.69, 9.17) is 37.0 Å². The van der Waals surface area contributed by atoms with Crippen molar-refractivity contribution in [1.29, 1.82) is 0 Å². The summed E-state index contributed by atoms with van der Waals surface area (Å²) in [6, 6.07) is 0. The molecule has 0 aromatic rings. The average molecular weight is 1520 g/mol. The third-order valence-corrected chi connectivity index (χ3v) is 21.9. The number of hydrogen-bond donors (Lipinski definition) is 3. The van der Waals surface area contributed by atoms with Crippen molar-refractivity contribution in [2.75, 3.05) is 39.6 Å². The molecule has 104 heavy (non-hydrogen) atoms. The lowest BCUT2D eigenvalue weighted by molar-refractivity contribution is -0.161. The van der Waals surface area contributed by atoms with Crippen LogP contribution in [0.1, 0.15) is 458 Å². The molecule has 0 aliphatic heterocycles. The average Bonchev–Trinajstić information content (AvgIpc) is 0.912. The Kier molecular flexibility index (Phi) is 76.3. The summed E-state index contributed by atoms with van der Waals surface area (Å²) >= 11 is 0. The van der Waals surface area contributed by atoms with E-state index in [1.807, 2.05) is 0 Å². The predicted octanol–water partition coefficient (Wildman–Crippen LogP) is 26.0. The van der Waals surface area contributed by atoms with Gasteiger partial charge >= 0.3 is 39.5 Å². The van der Waals surface area contributed by atoms with Crippen molar-refractivity contribution in [3.63, 3.8) is 0 Å². The number of esters is 4. The minimum atomic E-state index is -4.96. The highest BCUT2D eigenvalue weighted by Crippen LogP contribution is 2.45. The first-order valence-corrected chi connectivity index (χ1v) is 47.1. The number of hydrogen-bond acceptors (Lipinski definition) is 15. The second-order valence-electron chi connectivity index (χ2n) is 31.1. The van der Waals surface area contributed by atoms with Gasteiger partial charge in [0.2, 0.25) is 0 Å². The van der Waals surface area contributed by atoms with Crippen LogP contribution in [0.3, 0.4) is 0 Å². The van der Waals surface area contributed by atoms with Crippen molar-refractivity contribution in [2.24, 2.45) is 5.92 Å². The molecule has 0 amide bonds. The van der Waals surface area contributed by atoms with Gasteiger partial charge in [-0.25, -0.2) is 9.13 Å². The van der Waals surface area contributed by atoms with Crippen LogP contribution in [-0.2, 0) is 65.4 Å². The lowest BCUT2D eigenvalue weighted by Crippen LogP contribution is -2.30. The van der Waals surface area contributed by atoms with Crippen molar-refractivity contribution in [3.8, 4) is 0 Å². The second-order valence-corrected chi connectivity index (χ2v) is 34.0. The van der Waals surface area contributed by atoms with Crippen molar-refractivity contribution in [1.82, 2.24) is 0 Å². The van der Waals surface area contributed by atoms with Gasteiger partial charge in [0.25, 0.3) is 0 Å². The van der Waals surface area contributed by atoms with Crippen molar-refractivity contribution in [3.05, 3.63) is 0 Å². The zero-order valence-electron chi connectivity index (χ0n) is 68.2. The van der Waals surface area contributed by atoms with Crippen LogP contribution in [0, 0.1) is 5.92 Å². The predicted molar refractivity (Wildman–Crippen MR) is 428 cm³/mol. The highest BCUT2D eigenvalue weighted by Gasteiger charge is 2.30. The van der Waals surface area contributed by atoms with E-state index in [1.54, 1.807) is 0 Å². The Labute approximate surface area is 638 Å². The molecule has 0 aromatic carbocycles. The molecular formula is C85H166O17P2. The van der Waals surface area contributed by atoms with E-state index in [-0.39, 0.29) is 25.7 Å². The highest BCUT2D eigenvalue weighted by atomic mass is 31.2. The van der Waals surface area contributed by atoms with E-state index >= 15 is 0 Å². The molecule has 0 saturated carbocycles. The molecular weight excluding hydrogens is 1350 g/mol. The molecule has 0 fully saturated rings. The van der Waals surface area contributed by atoms with Gasteiger partial charge in [-0.1, -0.05) is 407 Å². The lowest BCUT2D eigenvalue weighted by Gasteiger charge is -2.21. The van der Waals surface area contributed by atoms with Crippen LogP contribution >= 0.6 is 15.6 Å². The Morgan fingerprint density at radius 1 is 0.260 bits per heavy atom. The van der Waals surface area contributed by atoms with Crippen LogP contribution in [0.15, 0.2) is 0 Å². The number of aliphatic hydroxyl groups excluding tert-OH is 1. The maximum Gasteiger partial charge on any atom is 0.472 e. The number of phosphoric ester groups is 2. The quantitative estimate of drug-likeness (QED) is 0.0222. The molecule has 0 rings (SSSR count). The van der Waals surface area contributed by atoms with Gasteiger partial charge in [-0.15, -0.1) is 0 Å². The third kappa shape index (κ3) is 78.2. The van der Waals surface area contributed by atoms with E-state index < -0.39 is 97.5 Å². The Morgan fingerprint density at radius 3 is 0.654 bits per heavy atom. The fourth-order valence-corrected chi connectivity index (χ4v) is 14.9. The summed E-state index contributed by atoms with van der Waals surface area (Å²) in [5, 5.41) is 10.7. The largest absolute Gasteiger partial charge is 0.472 e. The normalized spacial score (nSPS) is 13.8. The number of carbonyl (C=O) groups excluding carboxylic acids is 4. The minimum absolute atomic E-state index is 0.109. The maximum atomic E-state index is 13.1. The fourth-order valence-electron chi connectivity index (χ4n) is 13.3. The molecule has 618 valence electrons. The highest BCUT2D eigenvalue weighted by molar-refractivity contribution is 7.47. The molecule has 0 radical (unpaired) electrons. The van der Waals surface area contributed by atoms with Crippen molar-refractivity contribution < 1.29 is 80.2 Å². The van der Waals surface area contributed by atoms with Gasteiger partial charge in [-0.3, -0.25) is 37.3 Å². The number of carbonyl (C=O) groups is 4. The molecule has 0 aliphatic carbocycles. The van der Waals surface area contributed by atoms with Crippen LogP contribution in [0.5, 0.6) is 0 Å². The summed E-state index contributed by atoms with van der Waals surface area (Å²) in [6.07, 6.45) is 70.8. The SMILES string of the molecule is CCCCCCCCCCCCCCCCCCCCCCC(=O)O[C@H](COC(=O)CCCCCCCCCCCCCCCCC(C)C)COP(=O)(O)OC[C@@H](O)COP(=O)(O)OC[C@@H](COC(=O)CCCCCCCCCCCC)OC(=O)CCCCCCCCCCCCCCCCCCC. The van der Waals surface area contributed by atoms with Crippen molar-refractivity contribution in [2.45, 2.75) is 477 Å². The van der Waals surface area contributed by atoms with Gasteiger partial charge in [0.05, 0.1) is 26.4 Å². The fraction of sp³-hybridized carbons (Fsp3) is 0.953. The van der Waals surface area contributed by atoms with Crippen molar-refractivity contribution >= 4 is 39.5 Å². The Bertz CT molecular complexity index is 1980. The van der Waals surface area contributed by atoms with E-state index in [0.717, 1.165) is 95.8 Å². The number of unbranched alkanes of at least 4 members (excludes halogenated alkanes) is 57. The second kappa shape index (κ2) is 77.8. The Morgan fingerprint density at radius 2 is 0.442 bits per heavy atom. The molecule has 3 N–H and O–H groups in total. The number of ether oxygens (including phenoxy) is 4. The summed E-state index contributed by atoms with van der Waals surface area (Å²) in [7, 11) is -9.92. The molecule has 0 heterocycles. The monoisotopic (exact) mass is 1520 g/mol. The molecule has 0 saturated heterocycles. The summed E-state index contributed by atoms with van der Waals surface area (Å²) in [6.45, 7) is 7.38. The van der Waals surface area contributed by atoms with Gasteiger partial charge in [-0.2, -0.15) is 0 Å². The van der Waals surface area contributed by atoms with Crippen LogP contribution < -0.4 is 0 Å². The van der Waals surface area contributed by atoms with E-state index in [0.29, 0.717) is 25.7 Å². The standard InChI is InChI=1S/C85H166O17P2/c1-6-9-12-15-18-21-24-26-28-30-31-32-34-36-42-46-51-56-61-66-71-85(90)102-81(75-96-83(88)69-64-59-54-49-44-40-38-37-39-43-47-52-57-62-67-78(4)5)77-100-104(93,94)98-73-79(86)72-97-103(91,92)99-76-80(74-95-82(87)68-63-58-53-48-23-20-17-14-11-8-3)101-84(89)70-65-60-55-50-45-41-35-33-29-27-25-22-19-16-13-10-7-2/h78-81,86H,6-77H2,1-5H3,(H,91,92)(H,93,94)/t79-,80+,81+/m0/s1. The first-order valence-electron chi connectivity index (χ1n) is 44.1. The molecule has 17 nitrogen and oxygen atoms in total. The minimum Gasteiger partial charge on any atom is -0.462 e. The number of rotatable bonds is 85. The van der Waals surface area contributed by atoms with Gasteiger partial charge in [0, 0.05) is 25.7 Å². The molecule has 0 spiro atoms. The number of aliphatic hydroxyl groups is 1. The van der Waals surface area contributed by atoms with Gasteiger partial charge in [0.15, 0.2) is 12.2 Å². The van der Waals surface area contributed by atoms with Gasteiger partial charge in [0.1, 0.15) is 19.3 Å². The molecule has 19 heteroatoms. The van der Waals surface area contributed by atoms with Crippen LogP contribution in [0.4, 0.5) is 0 Å². The zero-order chi connectivity index (χ0) is 76.2. The van der Waals surface area contributed by atoms with Gasteiger partial charge < -0.3 is 33.8 Å². The first kappa shape index (κ1) is 102. The van der Waals surface area contributed by atoms with E-state index in [9.17, 15) is 43.2 Å².